The van der Waals surface area contributed by atoms with Gasteiger partial charge in [-0.2, -0.15) is 13.2 Å². The molecule has 2 nitrogen and oxygen atoms in total. The molecule has 1 aromatic rings. The monoisotopic (exact) mass is 273 g/mol. The zero-order valence-electron chi connectivity index (χ0n) is 11.1. The number of carbonyl (C=O) groups excluding carboxylic acids is 1. The average molecular weight is 273 g/mol. The van der Waals surface area contributed by atoms with Crippen LogP contribution in [-0.4, -0.2) is 13.0 Å². The molecule has 0 aliphatic rings. The number of benzene rings is 1. The van der Waals surface area contributed by atoms with Gasteiger partial charge in [0.15, 0.2) is 0 Å². The summed E-state index contributed by atoms with van der Waals surface area (Å²) >= 11 is 0. The molecule has 1 amide bonds. The Morgan fingerprint density at radius 1 is 1.32 bits per heavy atom. The predicted octanol–water partition coefficient (Wildman–Crippen LogP) is 3.73. The molecule has 5 heteroatoms. The van der Waals surface area contributed by atoms with Crippen molar-refractivity contribution in [2.24, 2.45) is 0 Å². The molecule has 0 aliphatic carbocycles. The quantitative estimate of drug-likeness (QED) is 0.870. The molecular weight excluding hydrogens is 255 g/mol. The Balaban J connectivity index is 3.12. The first kappa shape index (κ1) is 15.5. The molecule has 0 fully saturated rings. The van der Waals surface area contributed by atoms with Gasteiger partial charge in [0, 0.05) is 13.5 Å². The Morgan fingerprint density at radius 2 is 1.95 bits per heavy atom. The molecule has 0 saturated carbocycles. The zero-order valence-corrected chi connectivity index (χ0v) is 11.1. The lowest BCUT2D eigenvalue weighted by molar-refractivity contribution is -0.138. The fourth-order valence-corrected chi connectivity index (χ4v) is 2.15. The molecule has 0 radical (unpaired) electrons. The van der Waals surface area contributed by atoms with Gasteiger partial charge in [-0.25, -0.2) is 0 Å². The summed E-state index contributed by atoms with van der Waals surface area (Å²) in [6.07, 6.45) is -3.02. The predicted molar refractivity (Wildman–Crippen MR) is 67.8 cm³/mol. The van der Waals surface area contributed by atoms with Gasteiger partial charge in [0.05, 0.1) is 5.56 Å². The maximum Gasteiger partial charge on any atom is 0.416 e. The summed E-state index contributed by atoms with van der Waals surface area (Å²) in [6, 6.07) is 5.49. The van der Waals surface area contributed by atoms with E-state index in [1.54, 1.807) is 6.07 Å². The van der Waals surface area contributed by atoms with E-state index in [1.807, 2.05) is 6.92 Å². The third kappa shape index (κ3) is 4.26. The molecule has 0 aliphatic heterocycles. The van der Waals surface area contributed by atoms with Crippen LogP contribution in [0, 0.1) is 0 Å². The molecule has 106 valence electrons. The van der Waals surface area contributed by atoms with Gasteiger partial charge in [0.1, 0.15) is 0 Å². The van der Waals surface area contributed by atoms with Crippen molar-refractivity contribution >= 4 is 5.91 Å². The maximum atomic E-state index is 13.0. The summed E-state index contributed by atoms with van der Waals surface area (Å²) in [5.74, 6) is -0.641. The third-order valence-electron chi connectivity index (χ3n) is 3.05. The van der Waals surface area contributed by atoms with Gasteiger partial charge in [-0.3, -0.25) is 4.79 Å². The molecule has 1 aromatic carbocycles. The van der Waals surface area contributed by atoms with Crippen LogP contribution in [0.4, 0.5) is 13.2 Å². The second-order valence-corrected chi connectivity index (χ2v) is 4.45. The number of alkyl halides is 3. The highest BCUT2D eigenvalue weighted by Crippen LogP contribution is 2.37. The average Bonchev–Trinajstić information content (AvgIpc) is 2.37. The first-order valence-corrected chi connectivity index (χ1v) is 6.26. The smallest absolute Gasteiger partial charge is 0.359 e. The summed E-state index contributed by atoms with van der Waals surface area (Å²) in [7, 11) is 1.49. The van der Waals surface area contributed by atoms with Crippen LogP contribution in [0.2, 0.25) is 0 Å². The van der Waals surface area contributed by atoms with E-state index >= 15 is 0 Å². The van der Waals surface area contributed by atoms with Crippen molar-refractivity contribution in [2.75, 3.05) is 7.05 Å². The van der Waals surface area contributed by atoms with Crippen molar-refractivity contribution in [1.82, 2.24) is 5.32 Å². The minimum Gasteiger partial charge on any atom is -0.359 e. The van der Waals surface area contributed by atoms with Crippen LogP contribution in [0.3, 0.4) is 0 Å². The molecule has 1 rings (SSSR count). The number of carbonyl (C=O) groups is 1. The summed E-state index contributed by atoms with van der Waals surface area (Å²) in [5, 5.41) is 2.46. The Morgan fingerprint density at radius 3 is 2.47 bits per heavy atom. The van der Waals surface area contributed by atoms with Crippen molar-refractivity contribution in [3.8, 4) is 0 Å². The van der Waals surface area contributed by atoms with Crippen LogP contribution in [0.15, 0.2) is 24.3 Å². The maximum absolute atomic E-state index is 13.0. The fourth-order valence-electron chi connectivity index (χ4n) is 2.15. The molecule has 0 heterocycles. The largest absolute Gasteiger partial charge is 0.416 e. The minimum absolute atomic E-state index is 0.0808. The highest BCUT2D eigenvalue weighted by atomic mass is 19.4. The van der Waals surface area contributed by atoms with Crippen molar-refractivity contribution in [1.29, 1.82) is 0 Å². The SMILES string of the molecule is CCCC(CC(=O)NC)c1ccccc1C(F)(F)F. The molecule has 1 unspecified atom stereocenters. The minimum atomic E-state index is -4.38. The van der Waals surface area contributed by atoms with Crippen LogP contribution < -0.4 is 5.32 Å². The standard InChI is InChI=1S/C14H18F3NO/c1-3-6-10(9-13(19)18-2)11-7-4-5-8-12(11)14(15,16)17/h4-5,7-8,10H,3,6,9H2,1-2H3,(H,18,19). The van der Waals surface area contributed by atoms with Crippen LogP contribution in [0.1, 0.15) is 43.2 Å². The molecule has 0 saturated heterocycles. The Labute approximate surface area is 111 Å². The number of nitrogens with one attached hydrogen (secondary N) is 1. The molecule has 0 spiro atoms. The van der Waals surface area contributed by atoms with Gasteiger partial charge >= 0.3 is 6.18 Å². The van der Waals surface area contributed by atoms with Crippen LogP contribution in [0.25, 0.3) is 0 Å². The third-order valence-corrected chi connectivity index (χ3v) is 3.05. The lowest BCUT2D eigenvalue weighted by Crippen LogP contribution is -2.22. The van der Waals surface area contributed by atoms with Crippen molar-refractivity contribution in [3.63, 3.8) is 0 Å². The Bertz CT molecular complexity index is 429. The fraction of sp³-hybridized carbons (Fsp3) is 0.500. The molecular formula is C14H18F3NO. The summed E-state index contributed by atoms with van der Waals surface area (Å²) in [5.41, 5.74) is -0.433. The molecule has 0 bridgehead atoms. The first-order valence-electron chi connectivity index (χ1n) is 6.26. The number of rotatable bonds is 5. The van der Waals surface area contributed by atoms with E-state index in [0.29, 0.717) is 6.42 Å². The van der Waals surface area contributed by atoms with Gasteiger partial charge in [0.25, 0.3) is 0 Å². The summed E-state index contributed by atoms with van der Waals surface area (Å²) in [4.78, 5) is 11.4. The number of hydrogen-bond acceptors (Lipinski definition) is 1. The van der Waals surface area contributed by atoms with Crippen molar-refractivity contribution < 1.29 is 18.0 Å². The van der Waals surface area contributed by atoms with E-state index in [2.05, 4.69) is 5.32 Å². The first-order chi connectivity index (χ1) is 8.90. The molecule has 0 aromatic heterocycles. The van der Waals surface area contributed by atoms with E-state index in [-0.39, 0.29) is 17.9 Å². The Hall–Kier alpha value is -1.52. The van der Waals surface area contributed by atoms with Gasteiger partial charge in [-0.1, -0.05) is 31.5 Å². The molecule has 19 heavy (non-hydrogen) atoms. The van der Waals surface area contributed by atoms with Crippen LogP contribution in [0.5, 0.6) is 0 Å². The van der Waals surface area contributed by atoms with E-state index in [0.717, 1.165) is 12.5 Å². The lowest BCUT2D eigenvalue weighted by atomic mass is 9.87. The second-order valence-electron chi connectivity index (χ2n) is 4.45. The number of halogens is 3. The van der Waals surface area contributed by atoms with Gasteiger partial charge in [0.2, 0.25) is 5.91 Å². The van der Waals surface area contributed by atoms with Crippen LogP contribution >= 0.6 is 0 Å². The lowest BCUT2D eigenvalue weighted by Gasteiger charge is -2.20. The van der Waals surface area contributed by atoms with E-state index in [1.165, 1.54) is 19.2 Å². The summed E-state index contributed by atoms with van der Waals surface area (Å²) in [6.45, 7) is 1.90. The van der Waals surface area contributed by atoms with Gasteiger partial charge < -0.3 is 5.32 Å². The highest BCUT2D eigenvalue weighted by molar-refractivity contribution is 5.76. The Kier molecular flexibility index (Phi) is 5.39. The molecule has 1 atom stereocenters. The zero-order chi connectivity index (χ0) is 14.5. The number of amides is 1. The van der Waals surface area contributed by atoms with Gasteiger partial charge in [-0.05, 0) is 24.0 Å². The summed E-state index contributed by atoms with van der Waals surface area (Å²) < 4.78 is 38.9. The van der Waals surface area contributed by atoms with Gasteiger partial charge in [-0.15, -0.1) is 0 Å². The van der Waals surface area contributed by atoms with E-state index in [4.69, 9.17) is 0 Å². The van der Waals surface area contributed by atoms with E-state index < -0.39 is 17.7 Å². The highest BCUT2D eigenvalue weighted by Gasteiger charge is 2.35. The van der Waals surface area contributed by atoms with Crippen LogP contribution in [-0.2, 0) is 11.0 Å². The topological polar surface area (TPSA) is 29.1 Å². The number of hydrogen-bond donors (Lipinski definition) is 1. The second kappa shape index (κ2) is 6.59. The van der Waals surface area contributed by atoms with Crippen molar-refractivity contribution in [3.05, 3.63) is 35.4 Å². The van der Waals surface area contributed by atoms with E-state index in [9.17, 15) is 18.0 Å². The normalized spacial score (nSPS) is 13.1. The molecule has 1 N–H and O–H groups in total. The van der Waals surface area contributed by atoms with Crippen molar-refractivity contribution in [2.45, 2.75) is 38.3 Å².